The van der Waals surface area contributed by atoms with Gasteiger partial charge in [-0.25, -0.2) is 9.97 Å². The number of hydrogen-bond donors (Lipinski definition) is 0. The van der Waals surface area contributed by atoms with Gasteiger partial charge >= 0.3 is 0 Å². The molecule has 0 aliphatic carbocycles. The molecule has 0 fully saturated rings. The number of aromatic nitrogens is 4. The fourth-order valence-corrected chi connectivity index (χ4v) is 6.16. The largest absolute Gasteiger partial charge is 0.321 e. The van der Waals surface area contributed by atoms with Crippen LogP contribution in [0.2, 0.25) is 0 Å². The molecule has 6 aromatic rings. The molecule has 0 saturated heterocycles. The van der Waals surface area contributed by atoms with Crippen LogP contribution in [0.3, 0.4) is 0 Å². The SMILES string of the molecule is Cc1ccc(-c2nc3n(c2-c2ccc(C)cc2)CC/C=C\CCn2c-3nc(-c3ccc(C)cc3)c2-c2ccc(C)cc2)cc1. The Labute approximate surface area is 260 Å². The van der Waals surface area contributed by atoms with Gasteiger partial charge in [-0.2, -0.15) is 0 Å². The quantitative estimate of drug-likeness (QED) is 0.196. The van der Waals surface area contributed by atoms with Gasteiger partial charge in [0.1, 0.15) is 0 Å². The smallest absolute Gasteiger partial charge is 0.177 e. The lowest BCUT2D eigenvalue weighted by Gasteiger charge is -2.16. The molecule has 0 saturated carbocycles. The molecule has 0 N–H and O–H groups in total. The second-order valence-electron chi connectivity index (χ2n) is 12.1. The molecule has 0 amide bonds. The first-order chi connectivity index (χ1) is 21.5. The minimum Gasteiger partial charge on any atom is -0.321 e. The first-order valence-electron chi connectivity index (χ1n) is 15.6. The minimum atomic E-state index is 0.820. The summed E-state index contributed by atoms with van der Waals surface area (Å²) in [5, 5.41) is 0. The van der Waals surface area contributed by atoms with Crippen molar-refractivity contribution in [3.8, 4) is 56.7 Å². The highest BCUT2D eigenvalue weighted by Gasteiger charge is 2.28. The maximum Gasteiger partial charge on any atom is 0.177 e. The van der Waals surface area contributed by atoms with E-state index in [1.54, 1.807) is 0 Å². The van der Waals surface area contributed by atoms with Gasteiger partial charge in [0.05, 0.1) is 22.8 Å². The van der Waals surface area contributed by atoms with Crippen molar-refractivity contribution >= 4 is 0 Å². The summed E-state index contributed by atoms with van der Waals surface area (Å²) in [7, 11) is 0. The van der Waals surface area contributed by atoms with Gasteiger partial charge in [0.15, 0.2) is 11.6 Å². The van der Waals surface area contributed by atoms with Crippen LogP contribution in [0.15, 0.2) is 109 Å². The Balaban J connectivity index is 1.55. The van der Waals surface area contributed by atoms with Gasteiger partial charge in [0.25, 0.3) is 0 Å². The number of benzene rings is 4. The highest BCUT2D eigenvalue weighted by atomic mass is 15.2. The van der Waals surface area contributed by atoms with Crippen LogP contribution in [0.5, 0.6) is 0 Å². The van der Waals surface area contributed by atoms with E-state index in [1.807, 2.05) is 0 Å². The van der Waals surface area contributed by atoms with Crippen molar-refractivity contribution in [3.63, 3.8) is 0 Å². The molecule has 4 heteroatoms. The fourth-order valence-electron chi connectivity index (χ4n) is 6.16. The number of aryl methyl sites for hydroxylation is 4. The third-order valence-electron chi connectivity index (χ3n) is 8.64. The van der Waals surface area contributed by atoms with Crippen LogP contribution in [-0.2, 0) is 13.1 Å². The zero-order chi connectivity index (χ0) is 30.2. The number of allylic oxidation sites excluding steroid dienone is 2. The van der Waals surface area contributed by atoms with Crippen molar-refractivity contribution < 1.29 is 0 Å². The normalized spacial score (nSPS) is 13.7. The van der Waals surface area contributed by atoms with Gasteiger partial charge in [-0.3, -0.25) is 0 Å². The number of fused-ring (bicyclic) bond motifs is 3. The molecule has 0 atom stereocenters. The Hall–Kier alpha value is -4.96. The summed E-state index contributed by atoms with van der Waals surface area (Å²) in [5.74, 6) is 1.83. The van der Waals surface area contributed by atoms with E-state index in [0.717, 1.165) is 71.5 Å². The van der Waals surface area contributed by atoms with Crippen LogP contribution in [0.4, 0.5) is 0 Å². The van der Waals surface area contributed by atoms with Crippen molar-refractivity contribution in [3.05, 3.63) is 131 Å². The summed E-state index contributed by atoms with van der Waals surface area (Å²) in [6, 6.07) is 35.2. The predicted octanol–water partition coefficient (Wildman–Crippen LogP) is 10.00. The maximum atomic E-state index is 5.49. The van der Waals surface area contributed by atoms with Gasteiger partial charge in [-0.1, -0.05) is 131 Å². The highest BCUT2D eigenvalue weighted by molar-refractivity contribution is 5.85. The van der Waals surface area contributed by atoms with Gasteiger partial charge in [-0.15, -0.1) is 0 Å². The number of nitrogens with zero attached hydrogens (tertiary/aromatic N) is 4. The van der Waals surface area contributed by atoms with E-state index in [1.165, 1.54) is 33.4 Å². The van der Waals surface area contributed by atoms with Gasteiger partial charge in [0.2, 0.25) is 0 Å². The second kappa shape index (κ2) is 11.6. The molecule has 2 aromatic heterocycles. The average molecular weight is 575 g/mol. The van der Waals surface area contributed by atoms with Crippen LogP contribution < -0.4 is 0 Å². The molecule has 4 aromatic carbocycles. The molecule has 1 aliphatic heterocycles. The van der Waals surface area contributed by atoms with Crippen molar-refractivity contribution in [2.24, 2.45) is 0 Å². The standard InChI is InChI=1S/C40H38N4/c1-27-9-17-31(18-10-27)35-37(33-21-13-29(3)14-22-33)43-25-7-5-6-8-26-44-38(34-23-15-30(4)16-24-34)36(42-40(44)39(43)41-35)32-19-11-28(2)12-20-32/h5-6,9-24H,7-8,25-26H2,1-4H3/b6-5-. The van der Waals surface area contributed by atoms with Crippen LogP contribution in [0.25, 0.3) is 56.7 Å². The zero-order valence-electron chi connectivity index (χ0n) is 26.0. The zero-order valence-corrected chi connectivity index (χ0v) is 26.0. The predicted molar refractivity (Wildman–Crippen MR) is 183 cm³/mol. The second-order valence-corrected chi connectivity index (χ2v) is 12.1. The summed E-state index contributed by atoms with van der Waals surface area (Å²) in [4.78, 5) is 11.0. The van der Waals surface area contributed by atoms with E-state index >= 15 is 0 Å². The third kappa shape index (κ3) is 5.22. The van der Waals surface area contributed by atoms with Crippen molar-refractivity contribution in [1.29, 1.82) is 0 Å². The molecule has 0 unspecified atom stereocenters. The Morgan fingerprint density at radius 2 is 0.705 bits per heavy atom. The lowest BCUT2D eigenvalue weighted by molar-refractivity contribution is 0.673. The molecule has 1 aliphatic rings. The fraction of sp³-hybridized carbons (Fsp3) is 0.200. The Kier molecular flexibility index (Phi) is 7.35. The third-order valence-corrected chi connectivity index (χ3v) is 8.64. The van der Waals surface area contributed by atoms with E-state index in [-0.39, 0.29) is 0 Å². The van der Waals surface area contributed by atoms with E-state index < -0.39 is 0 Å². The number of rotatable bonds is 4. The first-order valence-corrected chi connectivity index (χ1v) is 15.6. The Morgan fingerprint density at radius 3 is 1.02 bits per heavy atom. The lowest BCUT2D eigenvalue weighted by atomic mass is 10.0. The van der Waals surface area contributed by atoms with Crippen LogP contribution in [0.1, 0.15) is 35.1 Å². The first kappa shape index (κ1) is 27.8. The van der Waals surface area contributed by atoms with E-state index in [0.29, 0.717) is 0 Å². The van der Waals surface area contributed by atoms with E-state index in [2.05, 4.69) is 146 Å². The summed E-state index contributed by atoms with van der Waals surface area (Å²) in [6.45, 7) is 10.2. The Bertz CT molecular complexity index is 1810. The van der Waals surface area contributed by atoms with E-state index in [4.69, 9.17) is 9.97 Å². The van der Waals surface area contributed by atoms with Crippen LogP contribution >= 0.6 is 0 Å². The summed E-state index contributed by atoms with van der Waals surface area (Å²) in [6.07, 6.45) is 6.52. The van der Waals surface area contributed by atoms with Gasteiger partial charge < -0.3 is 9.13 Å². The van der Waals surface area contributed by atoms with Crippen LogP contribution in [-0.4, -0.2) is 19.1 Å². The van der Waals surface area contributed by atoms with E-state index in [9.17, 15) is 0 Å². The molecule has 0 radical (unpaired) electrons. The summed E-state index contributed by atoms with van der Waals surface area (Å²) in [5.41, 5.74) is 13.8. The molecule has 0 bridgehead atoms. The minimum absolute atomic E-state index is 0.820. The molecule has 44 heavy (non-hydrogen) atoms. The summed E-state index contributed by atoms with van der Waals surface area (Å²) >= 11 is 0. The van der Waals surface area contributed by atoms with Gasteiger partial charge in [0, 0.05) is 35.3 Å². The molecule has 0 spiro atoms. The number of imidazole rings is 2. The molecule has 4 nitrogen and oxygen atoms in total. The van der Waals surface area contributed by atoms with Crippen molar-refractivity contribution in [1.82, 2.24) is 19.1 Å². The summed E-state index contributed by atoms with van der Waals surface area (Å²) < 4.78 is 4.82. The Morgan fingerprint density at radius 1 is 0.409 bits per heavy atom. The lowest BCUT2D eigenvalue weighted by Crippen LogP contribution is -2.09. The van der Waals surface area contributed by atoms with Crippen LogP contribution in [0, 0.1) is 27.7 Å². The molecular weight excluding hydrogens is 536 g/mol. The monoisotopic (exact) mass is 574 g/mol. The number of hydrogen-bond acceptors (Lipinski definition) is 2. The topological polar surface area (TPSA) is 35.6 Å². The molecule has 7 rings (SSSR count). The molecule has 3 heterocycles. The molecule has 218 valence electrons. The van der Waals surface area contributed by atoms with Crippen molar-refractivity contribution in [2.75, 3.05) is 0 Å². The van der Waals surface area contributed by atoms with Gasteiger partial charge in [-0.05, 0) is 40.5 Å². The highest BCUT2D eigenvalue weighted by Crippen LogP contribution is 2.41. The maximum absolute atomic E-state index is 5.49. The van der Waals surface area contributed by atoms with Crippen molar-refractivity contribution in [2.45, 2.75) is 53.6 Å². The molecular formula is C40H38N4. The average Bonchev–Trinajstić information content (AvgIpc) is 3.59.